The maximum atomic E-state index is 11.2. The second-order valence-corrected chi connectivity index (χ2v) is 5.72. The monoisotopic (exact) mass is 350 g/mol. The van der Waals surface area contributed by atoms with Crippen molar-refractivity contribution in [1.82, 2.24) is 9.97 Å². The molecule has 7 heteroatoms. The number of para-hydroxylation sites is 2. The van der Waals surface area contributed by atoms with Crippen molar-refractivity contribution < 1.29 is 14.3 Å². The molecule has 0 saturated carbocycles. The van der Waals surface area contributed by atoms with Gasteiger partial charge in [0.15, 0.2) is 5.58 Å². The molecule has 1 N–H and O–H groups in total. The van der Waals surface area contributed by atoms with E-state index in [1.54, 1.807) is 6.07 Å². The summed E-state index contributed by atoms with van der Waals surface area (Å²) in [6, 6.07) is 8.85. The average molecular weight is 351 g/mol. The summed E-state index contributed by atoms with van der Waals surface area (Å²) in [5.41, 5.74) is 1.49. The zero-order valence-electron chi connectivity index (χ0n) is 9.91. The van der Waals surface area contributed by atoms with Gasteiger partial charge in [-0.05, 0) is 45.9 Å². The van der Waals surface area contributed by atoms with Crippen molar-refractivity contribution in [3.8, 4) is 0 Å². The van der Waals surface area contributed by atoms with E-state index < -0.39 is 5.97 Å². The van der Waals surface area contributed by atoms with Gasteiger partial charge in [0.2, 0.25) is 0 Å². The van der Waals surface area contributed by atoms with E-state index in [2.05, 4.69) is 25.9 Å². The van der Waals surface area contributed by atoms with Crippen LogP contribution in [0.5, 0.6) is 0 Å². The van der Waals surface area contributed by atoms with Gasteiger partial charge in [-0.1, -0.05) is 12.1 Å². The standard InChI is InChI=1S/C13H7BrN2O3S/c14-7-5-8(12(17)18)11(15-6-7)20-13-16-9-3-1-2-4-10(9)19-13/h1-6H,(H,17,18). The third-order valence-electron chi connectivity index (χ3n) is 2.51. The Morgan fingerprint density at radius 3 is 2.90 bits per heavy atom. The SMILES string of the molecule is O=C(O)c1cc(Br)cnc1Sc1nc2ccccc2o1. The van der Waals surface area contributed by atoms with Crippen LogP contribution in [-0.4, -0.2) is 21.0 Å². The van der Waals surface area contributed by atoms with Crippen molar-refractivity contribution in [1.29, 1.82) is 0 Å². The van der Waals surface area contributed by atoms with E-state index in [0.717, 1.165) is 17.3 Å². The summed E-state index contributed by atoms with van der Waals surface area (Å²) >= 11 is 4.29. The predicted octanol–water partition coefficient (Wildman–Crippen LogP) is 3.83. The van der Waals surface area contributed by atoms with Gasteiger partial charge in [0.05, 0.1) is 5.56 Å². The van der Waals surface area contributed by atoms with E-state index in [1.165, 1.54) is 12.3 Å². The van der Waals surface area contributed by atoms with Gasteiger partial charge in [0.25, 0.3) is 5.22 Å². The molecule has 0 aliphatic carbocycles. The van der Waals surface area contributed by atoms with Crippen molar-refractivity contribution in [3.63, 3.8) is 0 Å². The van der Waals surface area contributed by atoms with Gasteiger partial charge >= 0.3 is 5.97 Å². The third kappa shape index (κ3) is 2.54. The van der Waals surface area contributed by atoms with Gasteiger partial charge < -0.3 is 9.52 Å². The number of oxazole rings is 1. The highest BCUT2D eigenvalue weighted by molar-refractivity contribution is 9.10. The molecule has 2 aromatic heterocycles. The summed E-state index contributed by atoms with van der Waals surface area (Å²) in [5, 5.41) is 9.89. The zero-order valence-corrected chi connectivity index (χ0v) is 12.3. The van der Waals surface area contributed by atoms with E-state index in [1.807, 2.05) is 18.2 Å². The Morgan fingerprint density at radius 2 is 2.15 bits per heavy atom. The molecule has 0 amide bonds. The number of aromatic carboxylic acids is 1. The number of aromatic nitrogens is 2. The fourth-order valence-electron chi connectivity index (χ4n) is 1.64. The molecule has 20 heavy (non-hydrogen) atoms. The van der Waals surface area contributed by atoms with E-state index in [9.17, 15) is 9.90 Å². The summed E-state index contributed by atoms with van der Waals surface area (Å²) < 4.78 is 6.15. The Kier molecular flexibility index (Phi) is 3.45. The van der Waals surface area contributed by atoms with Crippen LogP contribution in [-0.2, 0) is 0 Å². The molecular weight excluding hydrogens is 344 g/mol. The third-order valence-corrected chi connectivity index (χ3v) is 3.81. The second-order valence-electron chi connectivity index (χ2n) is 3.86. The molecule has 2 heterocycles. The average Bonchev–Trinajstić information content (AvgIpc) is 2.82. The molecule has 0 aliphatic rings. The summed E-state index contributed by atoms with van der Waals surface area (Å²) in [6.45, 7) is 0. The molecular formula is C13H7BrN2O3S. The Balaban J connectivity index is 2.00. The number of fused-ring (bicyclic) bond motifs is 1. The van der Waals surface area contributed by atoms with Crippen LogP contribution in [0.2, 0.25) is 0 Å². The van der Waals surface area contributed by atoms with Crippen LogP contribution in [0.4, 0.5) is 0 Å². The van der Waals surface area contributed by atoms with E-state index in [-0.39, 0.29) is 5.56 Å². The van der Waals surface area contributed by atoms with Gasteiger partial charge in [0, 0.05) is 10.7 Å². The molecule has 100 valence electrons. The topological polar surface area (TPSA) is 76.2 Å². The lowest BCUT2D eigenvalue weighted by Gasteiger charge is -2.02. The summed E-state index contributed by atoms with van der Waals surface area (Å²) in [5.74, 6) is -1.04. The first-order chi connectivity index (χ1) is 9.63. The maximum Gasteiger partial charge on any atom is 0.338 e. The molecule has 0 atom stereocenters. The normalized spacial score (nSPS) is 10.8. The van der Waals surface area contributed by atoms with Gasteiger partial charge in [-0.15, -0.1) is 0 Å². The quantitative estimate of drug-likeness (QED) is 0.773. The molecule has 5 nitrogen and oxygen atoms in total. The molecule has 3 rings (SSSR count). The van der Waals surface area contributed by atoms with E-state index in [0.29, 0.717) is 20.3 Å². The number of carboxylic acids is 1. The van der Waals surface area contributed by atoms with Crippen molar-refractivity contribution >= 4 is 44.8 Å². The summed E-state index contributed by atoms with van der Waals surface area (Å²) in [4.78, 5) is 19.6. The number of hydrogen-bond acceptors (Lipinski definition) is 5. The van der Waals surface area contributed by atoms with Crippen molar-refractivity contribution in [2.75, 3.05) is 0 Å². The van der Waals surface area contributed by atoms with Crippen LogP contribution < -0.4 is 0 Å². The highest BCUT2D eigenvalue weighted by Gasteiger charge is 2.16. The fourth-order valence-corrected chi connectivity index (χ4v) is 2.77. The number of nitrogens with zero attached hydrogens (tertiary/aromatic N) is 2. The fraction of sp³-hybridized carbons (Fsp3) is 0. The van der Waals surface area contributed by atoms with Gasteiger partial charge in [-0.3, -0.25) is 0 Å². The molecule has 1 aromatic carbocycles. The number of pyridine rings is 1. The summed E-state index contributed by atoms with van der Waals surface area (Å²) in [6.07, 6.45) is 1.54. The molecule has 0 saturated heterocycles. The number of carboxylic acid groups (broad SMARTS) is 1. The van der Waals surface area contributed by atoms with Gasteiger partial charge in [0.1, 0.15) is 10.5 Å². The lowest BCUT2D eigenvalue weighted by Crippen LogP contribution is -2.00. The molecule has 0 bridgehead atoms. The van der Waals surface area contributed by atoms with E-state index >= 15 is 0 Å². The Labute approximate surface area is 126 Å². The van der Waals surface area contributed by atoms with Crippen molar-refractivity contribution in [2.24, 2.45) is 0 Å². The number of hydrogen-bond donors (Lipinski definition) is 1. The first kappa shape index (κ1) is 13.1. The number of rotatable bonds is 3. The van der Waals surface area contributed by atoms with Crippen LogP contribution in [0.15, 0.2) is 55.7 Å². The highest BCUT2D eigenvalue weighted by Crippen LogP contribution is 2.31. The number of halogens is 1. The zero-order chi connectivity index (χ0) is 14.1. The van der Waals surface area contributed by atoms with Crippen LogP contribution >= 0.6 is 27.7 Å². The number of benzene rings is 1. The minimum atomic E-state index is -1.04. The molecule has 3 aromatic rings. The van der Waals surface area contributed by atoms with Crippen LogP contribution in [0.25, 0.3) is 11.1 Å². The van der Waals surface area contributed by atoms with Gasteiger partial charge in [-0.25, -0.2) is 14.8 Å². The second kappa shape index (κ2) is 5.26. The molecule has 0 aliphatic heterocycles. The minimum absolute atomic E-state index is 0.103. The highest BCUT2D eigenvalue weighted by atomic mass is 79.9. The largest absolute Gasteiger partial charge is 0.478 e. The van der Waals surface area contributed by atoms with Crippen LogP contribution in [0.1, 0.15) is 10.4 Å². The molecule has 0 radical (unpaired) electrons. The van der Waals surface area contributed by atoms with Gasteiger partial charge in [-0.2, -0.15) is 0 Å². The first-order valence-corrected chi connectivity index (χ1v) is 7.17. The first-order valence-electron chi connectivity index (χ1n) is 5.56. The Morgan fingerprint density at radius 1 is 1.35 bits per heavy atom. The minimum Gasteiger partial charge on any atom is -0.478 e. The van der Waals surface area contributed by atoms with Crippen LogP contribution in [0, 0.1) is 0 Å². The lowest BCUT2D eigenvalue weighted by molar-refractivity contribution is 0.0692. The Hall–Kier alpha value is -1.86. The summed E-state index contributed by atoms with van der Waals surface area (Å²) in [7, 11) is 0. The number of carbonyl (C=O) groups is 1. The predicted molar refractivity (Wildman–Crippen MR) is 77.0 cm³/mol. The molecule has 0 spiro atoms. The molecule has 0 fully saturated rings. The smallest absolute Gasteiger partial charge is 0.338 e. The molecule has 0 unspecified atom stereocenters. The maximum absolute atomic E-state index is 11.2. The van der Waals surface area contributed by atoms with Crippen molar-refractivity contribution in [2.45, 2.75) is 10.2 Å². The van der Waals surface area contributed by atoms with Crippen molar-refractivity contribution in [3.05, 3.63) is 46.6 Å². The van der Waals surface area contributed by atoms with Crippen LogP contribution in [0.3, 0.4) is 0 Å². The Bertz CT molecular complexity index is 770. The van der Waals surface area contributed by atoms with E-state index in [4.69, 9.17) is 4.42 Å². The lowest BCUT2D eigenvalue weighted by atomic mass is 10.3.